The number of anilines is 1. The number of rotatable bonds is 3. The molecule has 19 heavy (non-hydrogen) atoms. The summed E-state index contributed by atoms with van der Waals surface area (Å²) >= 11 is 0. The Hall–Kier alpha value is -2.44. The first kappa shape index (κ1) is 13.0. The molecule has 2 rings (SSSR count). The molecule has 0 atom stereocenters. The lowest BCUT2D eigenvalue weighted by Crippen LogP contribution is -2.28. The fourth-order valence-corrected chi connectivity index (χ4v) is 2.02. The summed E-state index contributed by atoms with van der Waals surface area (Å²) in [5, 5.41) is 13.5. The van der Waals surface area contributed by atoms with Gasteiger partial charge in [-0.15, -0.1) is 0 Å². The summed E-state index contributed by atoms with van der Waals surface area (Å²) in [5.41, 5.74) is 0.554. The van der Waals surface area contributed by atoms with E-state index in [2.05, 4.69) is 5.32 Å². The minimum atomic E-state index is -0.582. The Morgan fingerprint density at radius 3 is 2.84 bits per heavy atom. The van der Waals surface area contributed by atoms with E-state index >= 15 is 0 Å². The molecular weight excluding hydrogens is 250 g/mol. The minimum Gasteiger partial charge on any atom is -0.369 e. The second-order valence-corrected chi connectivity index (χ2v) is 4.21. The van der Waals surface area contributed by atoms with E-state index in [1.165, 1.54) is 12.1 Å². The molecular formula is C12H13N3O4. The Morgan fingerprint density at radius 2 is 2.16 bits per heavy atom. The summed E-state index contributed by atoms with van der Waals surface area (Å²) in [4.78, 5) is 34.2. The maximum absolute atomic E-state index is 11.2. The van der Waals surface area contributed by atoms with Crippen molar-refractivity contribution >= 4 is 23.6 Å². The monoisotopic (exact) mass is 263 g/mol. The van der Waals surface area contributed by atoms with Crippen LogP contribution in [0.1, 0.15) is 16.8 Å². The zero-order valence-electron chi connectivity index (χ0n) is 10.2. The number of carbonyl (C=O) groups is 2. The third kappa shape index (κ3) is 2.87. The van der Waals surface area contributed by atoms with Crippen molar-refractivity contribution in [2.24, 2.45) is 0 Å². The first-order valence-electron chi connectivity index (χ1n) is 5.87. The quantitative estimate of drug-likeness (QED) is 0.493. The van der Waals surface area contributed by atoms with Crippen LogP contribution in [0, 0.1) is 10.1 Å². The third-order valence-corrected chi connectivity index (χ3v) is 3.01. The predicted molar refractivity (Wildman–Crippen MR) is 68.3 cm³/mol. The smallest absolute Gasteiger partial charge is 0.280 e. The van der Waals surface area contributed by atoms with E-state index in [0.29, 0.717) is 38.0 Å². The second-order valence-electron chi connectivity index (χ2n) is 4.21. The van der Waals surface area contributed by atoms with Crippen molar-refractivity contribution in [2.45, 2.75) is 6.42 Å². The van der Waals surface area contributed by atoms with Crippen molar-refractivity contribution in [3.63, 3.8) is 0 Å². The van der Waals surface area contributed by atoms with Gasteiger partial charge in [-0.05, 0) is 12.1 Å². The van der Waals surface area contributed by atoms with Gasteiger partial charge in [-0.1, -0.05) is 0 Å². The molecule has 0 aromatic heterocycles. The molecule has 1 aromatic carbocycles. The first-order chi connectivity index (χ1) is 9.11. The third-order valence-electron chi connectivity index (χ3n) is 3.01. The van der Waals surface area contributed by atoms with E-state index < -0.39 is 4.92 Å². The van der Waals surface area contributed by atoms with Gasteiger partial charge in [0.1, 0.15) is 0 Å². The van der Waals surface area contributed by atoms with E-state index in [4.69, 9.17) is 0 Å². The van der Waals surface area contributed by atoms with Gasteiger partial charge in [0, 0.05) is 37.8 Å². The minimum absolute atomic E-state index is 0.0139. The van der Waals surface area contributed by atoms with Crippen LogP contribution < -0.4 is 10.2 Å². The SMILES string of the molecule is O=Cc1cc(N2CCNC(=O)CC2)ccc1[N+](=O)[O-]. The Balaban J connectivity index is 2.27. The van der Waals surface area contributed by atoms with Crippen molar-refractivity contribution in [2.75, 3.05) is 24.5 Å². The van der Waals surface area contributed by atoms with Crippen LogP contribution in [0.5, 0.6) is 0 Å². The van der Waals surface area contributed by atoms with Crippen molar-refractivity contribution in [3.8, 4) is 0 Å². The number of carbonyl (C=O) groups excluding carboxylic acids is 2. The van der Waals surface area contributed by atoms with Crippen molar-refractivity contribution in [1.82, 2.24) is 5.32 Å². The number of benzene rings is 1. The largest absolute Gasteiger partial charge is 0.369 e. The fourth-order valence-electron chi connectivity index (χ4n) is 2.02. The summed E-state index contributed by atoms with van der Waals surface area (Å²) in [7, 11) is 0. The van der Waals surface area contributed by atoms with Gasteiger partial charge in [0.05, 0.1) is 10.5 Å². The maximum atomic E-state index is 11.2. The van der Waals surface area contributed by atoms with Crippen LogP contribution in [0.3, 0.4) is 0 Å². The van der Waals surface area contributed by atoms with Crippen LogP contribution in [0.4, 0.5) is 11.4 Å². The van der Waals surface area contributed by atoms with E-state index in [1.54, 1.807) is 6.07 Å². The molecule has 0 spiro atoms. The molecule has 0 bridgehead atoms. The standard InChI is InChI=1S/C12H13N3O4/c16-8-9-7-10(1-2-11(9)15(18)19)14-5-3-12(17)13-4-6-14/h1-2,7-8H,3-6H2,(H,13,17). The molecule has 1 heterocycles. The van der Waals surface area contributed by atoms with Crippen molar-refractivity contribution in [3.05, 3.63) is 33.9 Å². The Bertz CT molecular complexity index is 530. The summed E-state index contributed by atoms with van der Waals surface area (Å²) in [5.74, 6) is -0.0139. The molecule has 1 amide bonds. The lowest BCUT2D eigenvalue weighted by Gasteiger charge is -2.21. The van der Waals surface area contributed by atoms with Crippen LogP contribution in [0.25, 0.3) is 0 Å². The maximum Gasteiger partial charge on any atom is 0.280 e. The van der Waals surface area contributed by atoms with Crippen molar-refractivity contribution < 1.29 is 14.5 Å². The lowest BCUT2D eigenvalue weighted by molar-refractivity contribution is -0.385. The van der Waals surface area contributed by atoms with Gasteiger partial charge < -0.3 is 10.2 Å². The van der Waals surface area contributed by atoms with Crippen LogP contribution in [-0.4, -0.2) is 36.8 Å². The van der Waals surface area contributed by atoms with Crippen LogP contribution >= 0.6 is 0 Å². The molecule has 0 saturated carbocycles. The van der Waals surface area contributed by atoms with Gasteiger partial charge in [0.2, 0.25) is 5.91 Å². The number of hydrogen-bond acceptors (Lipinski definition) is 5. The molecule has 1 aliphatic rings. The average molecular weight is 263 g/mol. The number of nitrogens with zero attached hydrogens (tertiary/aromatic N) is 2. The lowest BCUT2D eigenvalue weighted by atomic mass is 10.1. The molecule has 1 N–H and O–H groups in total. The van der Waals surface area contributed by atoms with Gasteiger partial charge in [-0.25, -0.2) is 0 Å². The summed E-state index contributed by atoms with van der Waals surface area (Å²) in [6, 6.07) is 4.40. The molecule has 0 radical (unpaired) electrons. The topological polar surface area (TPSA) is 92.6 Å². The summed E-state index contributed by atoms with van der Waals surface area (Å²) < 4.78 is 0. The number of nitrogens with one attached hydrogen (secondary N) is 1. The highest BCUT2D eigenvalue weighted by Crippen LogP contribution is 2.24. The zero-order valence-corrected chi connectivity index (χ0v) is 10.2. The van der Waals surface area contributed by atoms with E-state index in [0.717, 1.165) is 0 Å². The molecule has 0 unspecified atom stereocenters. The molecule has 7 heteroatoms. The Kier molecular flexibility index (Phi) is 3.74. The number of aldehydes is 1. The highest BCUT2D eigenvalue weighted by Gasteiger charge is 2.18. The molecule has 1 aromatic rings. The van der Waals surface area contributed by atoms with Crippen molar-refractivity contribution in [1.29, 1.82) is 0 Å². The molecule has 1 aliphatic heterocycles. The van der Waals surface area contributed by atoms with Gasteiger partial charge in [-0.3, -0.25) is 19.7 Å². The first-order valence-corrected chi connectivity index (χ1v) is 5.87. The van der Waals surface area contributed by atoms with Gasteiger partial charge in [0.25, 0.3) is 5.69 Å². The molecule has 100 valence electrons. The number of nitro benzene ring substituents is 1. The van der Waals surface area contributed by atoms with E-state index in [-0.39, 0.29) is 17.2 Å². The molecule has 1 saturated heterocycles. The zero-order chi connectivity index (χ0) is 13.8. The summed E-state index contributed by atoms with van der Waals surface area (Å²) in [6.07, 6.45) is 0.844. The van der Waals surface area contributed by atoms with Gasteiger partial charge in [0.15, 0.2) is 6.29 Å². The second kappa shape index (κ2) is 5.47. The highest BCUT2D eigenvalue weighted by atomic mass is 16.6. The van der Waals surface area contributed by atoms with Crippen LogP contribution in [0.15, 0.2) is 18.2 Å². The number of nitro groups is 1. The Labute approximate surface area is 109 Å². The average Bonchev–Trinajstić information content (AvgIpc) is 2.62. The number of amides is 1. The Morgan fingerprint density at radius 1 is 1.37 bits per heavy atom. The normalized spacial score (nSPS) is 15.6. The van der Waals surface area contributed by atoms with Crippen LogP contribution in [0.2, 0.25) is 0 Å². The van der Waals surface area contributed by atoms with E-state index in [1.807, 2.05) is 4.90 Å². The van der Waals surface area contributed by atoms with Crippen LogP contribution in [-0.2, 0) is 4.79 Å². The summed E-state index contributed by atoms with van der Waals surface area (Å²) in [6.45, 7) is 1.66. The molecule has 1 fully saturated rings. The number of hydrogen-bond donors (Lipinski definition) is 1. The molecule has 7 nitrogen and oxygen atoms in total. The predicted octanol–water partition coefficient (Wildman–Crippen LogP) is 0.734. The molecule has 0 aliphatic carbocycles. The fraction of sp³-hybridized carbons (Fsp3) is 0.333. The van der Waals surface area contributed by atoms with E-state index in [9.17, 15) is 19.7 Å². The van der Waals surface area contributed by atoms with Gasteiger partial charge >= 0.3 is 0 Å². The highest BCUT2D eigenvalue weighted by molar-refractivity contribution is 5.84. The van der Waals surface area contributed by atoms with Gasteiger partial charge in [-0.2, -0.15) is 0 Å².